The predicted octanol–water partition coefficient (Wildman–Crippen LogP) is 2.50. The van der Waals surface area contributed by atoms with Crippen molar-refractivity contribution in [1.82, 2.24) is 4.72 Å². The van der Waals surface area contributed by atoms with Gasteiger partial charge in [-0.05, 0) is 26.2 Å². The van der Waals surface area contributed by atoms with Crippen LogP contribution in [0.2, 0.25) is 0 Å². The SMILES string of the molecule is CCCCS(=O)(=O)NC(C)(CC)CCCl. The van der Waals surface area contributed by atoms with Crippen LogP contribution in [0.1, 0.15) is 46.5 Å². The van der Waals surface area contributed by atoms with E-state index in [0.29, 0.717) is 18.7 Å². The van der Waals surface area contributed by atoms with Gasteiger partial charge >= 0.3 is 0 Å². The molecule has 1 atom stereocenters. The van der Waals surface area contributed by atoms with Gasteiger partial charge in [0.2, 0.25) is 10.0 Å². The van der Waals surface area contributed by atoms with E-state index in [2.05, 4.69) is 4.72 Å². The third-order valence-corrected chi connectivity index (χ3v) is 4.41. The maximum Gasteiger partial charge on any atom is 0.212 e. The monoisotopic (exact) mass is 255 g/mol. The van der Waals surface area contributed by atoms with Crippen LogP contribution in [0.25, 0.3) is 0 Å². The molecule has 5 heteroatoms. The van der Waals surface area contributed by atoms with Crippen LogP contribution in [0.3, 0.4) is 0 Å². The molecule has 0 aliphatic heterocycles. The summed E-state index contributed by atoms with van der Waals surface area (Å²) in [5.74, 6) is 0.683. The fraction of sp³-hybridized carbons (Fsp3) is 1.00. The number of halogens is 1. The van der Waals surface area contributed by atoms with E-state index < -0.39 is 15.6 Å². The molecule has 0 aliphatic carbocycles. The lowest BCUT2D eigenvalue weighted by atomic mass is 9.97. The topological polar surface area (TPSA) is 46.2 Å². The second-order valence-electron chi connectivity index (χ2n) is 4.13. The molecule has 0 saturated carbocycles. The zero-order chi connectivity index (χ0) is 11.9. The number of rotatable bonds is 8. The largest absolute Gasteiger partial charge is 0.212 e. The van der Waals surface area contributed by atoms with Crippen LogP contribution in [0.15, 0.2) is 0 Å². The molecule has 0 aliphatic rings. The standard InChI is InChI=1S/C10H22ClNO2S/c1-4-6-9-15(13,14)12-10(3,5-2)7-8-11/h12H,4-9H2,1-3H3. The third-order valence-electron chi connectivity index (χ3n) is 2.60. The fourth-order valence-electron chi connectivity index (χ4n) is 1.27. The van der Waals surface area contributed by atoms with Crippen molar-refractivity contribution in [3.05, 3.63) is 0 Å². The van der Waals surface area contributed by atoms with E-state index in [0.717, 1.165) is 12.8 Å². The number of alkyl halides is 1. The number of hydrogen-bond acceptors (Lipinski definition) is 2. The lowest BCUT2D eigenvalue weighted by molar-refractivity contribution is 0.390. The molecule has 3 nitrogen and oxygen atoms in total. The first-order chi connectivity index (χ1) is 6.89. The van der Waals surface area contributed by atoms with Gasteiger partial charge in [0.1, 0.15) is 0 Å². The van der Waals surface area contributed by atoms with E-state index in [1.807, 2.05) is 20.8 Å². The Morgan fingerprint density at radius 3 is 2.33 bits per heavy atom. The maximum absolute atomic E-state index is 11.7. The maximum atomic E-state index is 11.7. The van der Waals surface area contributed by atoms with E-state index in [1.54, 1.807) is 0 Å². The van der Waals surface area contributed by atoms with Crippen LogP contribution in [0, 0.1) is 0 Å². The van der Waals surface area contributed by atoms with Gasteiger partial charge in [0, 0.05) is 11.4 Å². The summed E-state index contributed by atoms with van der Waals surface area (Å²) in [7, 11) is -3.14. The van der Waals surface area contributed by atoms with Crippen LogP contribution < -0.4 is 4.72 Å². The Bertz CT molecular complexity index is 267. The summed E-state index contributed by atoms with van der Waals surface area (Å²) in [5.41, 5.74) is -0.395. The molecule has 0 radical (unpaired) electrons. The second kappa shape index (κ2) is 6.71. The number of hydrogen-bond donors (Lipinski definition) is 1. The van der Waals surface area contributed by atoms with Gasteiger partial charge in [-0.2, -0.15) is 0 Å². The Labute approximate surface area is 98.6 Å². The molecule has 0 bridgehead atoms. The van der Waals surface area contributed by atoms with Gasteiger partial charge < -0.3 is 0 Å². The normalized spacial score (nSPS) is 16.3. The molecular weight excluding hydrogens is 234 g/mol. The van der Waals surface area contributed by atoms with Crippen molar-refractivity contribution in [2.45, 2.75) is 52.0 Å². The van der Waals surface area contributed by atoms with Crippen LogP contribution >= 0.6 is 11.6 Å². The van der Waals surface area contributed by atoms with E-state index in [9.17, 15) is 8.42 Å². The molecule has 92 valence electrons. The third kappa shape index (κ3) is 6.38. The van der Waals surface area contributed by atoms with E-state index >= 15 is 0 Å². The summed E-state index contributed by atoms with van der Waals surface area (Å²) in [5, 5.41) is 0. The molecule has 15 heavy (non-hydrogen) atoms. The summed E-state index contributed by atoms with van der Waals surface area (Å²) in [6.07, 6.45) is 3.01. The van der Waals surface area contributed by atoms with E-state index in [-0.39, 0.29) is 5.75 Å². The quantitative estimate of drug-likeness (QED) is 0.678. The Morgan fingerprint density at radius 1 is 1.33 bits per heavy atom. The average Bonchev–Trinajstić information content (AvgIpc) is 2.14. The molecular formula is C10H22ClNO2S. The van der Waals surface area contributed by atoms with Gasteiger partial charge in [-0.1, -0.05) is 20.3 Å². The molecule has 0 saturated heterocycles. The highest BCUT2D eigenvalue weighted by Gasteiger charge is 2.26. The molecule has 0 aromatic heterocycles. The summed E-state index contributed by atoms with van der Waals surface area (Å²) >= 11 is 5.66. The lowest BCUT2D eigenvalue weighted by Crippen LogP contribution is -2.46. The molecule has 0 amide bonds. The Hall–Kier alpha value is 0.200. The van der Waals surface area contributed by atoms with Gasteiger partial charge in [0.15, 0.2) is 0 Å². The first kappa shape index (κ1) is 15.2. The van der Waals surface area contributed by atoms with Gasteiger partial charge in [-0.25, -0.2) is 13.1 Å². The lowest BCUT2D eigenvalue weighted by Gasteiger charge is -2.28. The van der Waals surface area contributed by atoms with Gasteiger partial charge in [-0.3, -0.25) is 0 Å². The summed E-state index contributed by atoms with van der Waals surface area (Å²) in [6.45, 7) is 5.85. The average molecular weight is 256 g/mol. The van der Waals surface area contributed by atoms with Gasteiger partial charge in [0.05, 0.1) is 5.75 Å². The zero-order valence-electron chi connectivity index (χ0n) is 9.85. The van der Waals surface area contributed by atoms with Gasteiger partial charge in [-0.15, -0.1) is 11.6 Å². The highest BCUT2D eigenvalue weighted by molar-refractivity contribution is 7.89. The first-order valence-corrected chi connectivity index (χ1v) is 7.65. The first-order valence-electron chi connectivity index (χ1n) is 5.46. The van der Waals surface area contributed by atoms with Crippen molar-refractivity contribution in [3.8, 4) is 0 Å². The van der Waals surface area contributed by atoms with Crippen LogP contribution in [-0.4, -0.2) is 25.6 Å². The minimum absolute atomic E-state index is 0.210. The minimum Gasteiger partial charge on any atom is -0.212 e. The van der Waals surface area contributed by atoms with Crippen molar-refractivity contribution >= 4 is 21.6 Å². The minimum atomic E-state index is -3.14. The predicted molar refractivity (Wildman–Crippen MR) is 65.9 cm³/mol. The van der Waals surface area contributed by atoms with E-state index in [4.69, 9.17) is 11.6 Å². The molecule has 0 heterocycles. The van der Waals surface area contributed by atoms with Crippen LogP contribution in [0.4, 0.5) is 0 Å². The van der Waals surface area contributed by atoms with Crippen molar-refractivity contribution in [2.75, 3.05) is 11.6 Å². The molecule has 0 rings (SSSR count). The smallest absolute Gasteiger partial charge is 0.212 e. The van der Waals surface area contributed by atoms with Crippen LogP contribution in [-0.2, 0) is 10.0 Å². The molecule has 1 N–H and O–H groups in total. The van der Waals surface area contributed by atoms with Crippen molar-refractivity contribution in [2.24, 2.45) is 0 Å². The molecule has 1 unspecified atom stereocenters. The van der Waals surface area contributed by atoms with Crippen LogP contribution in [0.5, 0.6) is 0 Å². The van der Waals surface area contributed by atoms with Crippen molar-refractivity contribution in [1.29, 1.82) is 0 Å². The molecule has 0 fully saturated rings. The zero-order valence-corrected chi connectivity index (χ0v) is 11.4. The van der Waals surface area contributed by atoms with Crippen molar-refractivity contribution in [3.63, 3.8) is 0 Å². The molecule has 0 aromatic rings. The number of sulfonamides is 1. The molecule has 0 spiro atoms. The highest BCUT2D eigenvalue weighted by Crippen LogP contribution is 2.17. The Morgan fingerprint density at radius 2 is 1.93 bits per heavy atom. The summed E-state index contributed by atoms with van der Waals surface area (Å²) in [4.78, 5) is 0. The molecule has 0 aromatic carbocycles. The summed E-state index contributed by atoms with van der Waals surface area (Å²) in [6, 6.07) is 0. The Kier molecular flexibility index (Phi) is 6.80. The number of nitrogens with one attached hydrogen (secondary N) is 1. The highest BCUT2D eigenvalue weighted by atomic mass is 35.5. The van der Waals surface area contributed by atoms with Crippen molar-refractivity contribution < 1.29 is 8.42 Å². The number of unbranched alkanes of at least 4 members (excludes halogenated alkanes) is 1. The fourth-order valence-corrected chi connectivity index (χ4v) is 3.45. The van der Waals surface area contributed by atoms with E-state index in [1.165, 1.54) is 0 Å². The van der Waals surface area contributed by atoms with Gasteiger partial charge in [0.25, 0.3) is 0 Å². The summed E-state index contributed by atoms with van der Waals surface area (Å²) < 4.78 is 26.1. The Balaban J connectivity index is 4.39. The second-order valence-corrected chi connectivity index (χ2v) is 6.35.